The Balaban J connectivity index is 2.48. The fraction of sp³-hybridized carbons (Fsp3) is 0.0909. The third kappa shape index (κ3) is 2.20. The molecule has 84 valence electrons. The SMILES string of the molecule is OCc1ccc(-c2cc(Cl)c(Cl)c(Cl)c2)o1. The number of furan rings is 1. The minimum Gasteiger partial charge on any atom is -0.459 e. The van der Waals surface area contributed by atoms with Gasteiger partial charge in [0, 0.05) is 5.56 Å². The minimum absolute atomic E-state index is 0.144. The Labute approximate surface area is 107 Å². The second kappa shape index (κ2) is 4.68. The van der Waals surface area contributed by atoms with Gasteiger partial charge in [0.15, 0.2) is 0 Å². The Hall–Kier alpha value is -0.670. The van der Waals surface area contributed by atoms with Crippen LogP contribution in [0, 0.1) is 0 Å². The van der Waals surface area contributed by atoms with E-state index < -0.39 is 0 Å². The molecule has 1 heterocycles. The number of benzene rings is 1. The van der Waals surface area contributed by atoms with Crippen molar-refractivity contribution in [3.63, 3.8) is 0 Å². The van der Waals surface area contributed by atoms with Crippen LogP contribution in [-0.2, 0) is 6.61 Å². The van der Waals surface area contributed by atoms with Crippen LogP contribution < -0.4 is 0 Å². The third-order valence-electron chi connectivity index (χ3n) is 2.09. The highest BCUT2D eigenvalue weighted by Gasteiger charge is 2.10. The molecular weight excluding hydrogens is 270 g/mol. The molecule has 1 aromatic carbocycles. The van der Waals surface area contributed by atoms with Crippen LogP contribution in [0.3, 0.4) is 0 Å². The molecule has 0 saturated carbocycles. The lowest BCUT2D eigenvalue weighted by atomic mass is 10.2. The van der Waals surface area contributed by atoms with Crippen LogP contribution in [0.25, 0.3) is 11.3 Å². The van der Waals surface area contributed by atoms with Crippen LogP contribution in [0.2, 0.25) is 15.1 Å². The number of halogens is 3. The Morgan fingerprint density at radius 2 is 1.69 bits per heavy atom. The number of hydrogen-bond acceptors (Lipinski definition) is 2. The zero-order valence-electron chi connectivity index (χ0n) is 8.01. The number of rotatable bonds is 2. The molecule has 0 aliphatic carbocycles. The average Bonchev–Trinajstić information content (AvgIpc) is 2.73. The number of aliphatic hydroxyl groups excluding tert-OH is 1. The zero-order chi connectivity index (χ0) is 11.7. The Bertz CT molecular complexity index is 497. The van der Waals surface area contributed by atoms with E-state index in [0.717, 1.165) is 5.56 Å². The van der Waals surface area contributed by atoms with E-state index in [1.54, 1.807) is 24.3 Å². The summed E-state index contributed by atoms with van der Waals surface area (Å²) < 4.78 is 5.36. The first kappa shape index (κ1) is 11.8. The lowest BCUT2D eigenvalue weighted by Crippen LogP contribution is -1.78. The quantitative estimate of drug-likeness (QED) is 0.825. The van der Waals surface area contributed by atoms with Gasteiger partial charge in [-0.25, -0.2) is 0 Å². The molecule has 1 N–H and O–H groups in total. The van der Waals surface area contributed by atoms with E-state index in [4.69, 9.17) is 44.3 Å². The predicted octanol–water partition coefficient (Wildman–Crippen LogP) is 4.40. The summed E-state index contributed by atoms with van der Waals surface area (Å²) in [4.78, 5) is 0. The van der Waals surface area contributed by atoms with Crippen molar-refractivity contribution in [2.75, 3.05) is 0 Å². The van der Waals surface area contributed by atoms with Crippen molar-refractivity contribution in [2.24, 2.45) is 0 Å². The summed E-state index contributed by atoms with van der Waals surface area (Å²) in [5.74, 6) is 1.07. The van der Waals surface area contributed by atoms with Crippen molar-refractivity contribution in [1.82, 2.24) is 0 Å². The minimum atomic E-state index is -0.144. The fourth-order valence-electron chi connectivity index (χ4n) is 1.32. The molecule has 2 aromatic rings. The molecule has 16 heavy (non-hydrogen) atoms. The Morgan fingerprint density at radius 3 is 2.19 bits per heavy atom. The van der Waals surface area contributed by atoms with Crippen LogP contribution in [0.1, 0.15) is 5.76 Å². The average molecular weight is 278 g/mol. The van der Waals surface area contributed by atoms with Gasteiger partial charge in [-0.05, 0) is 24.3 Å². The first-order chi connectivity index (χ1) is 7.61. The highest BCUT2D eigenvalue weighted by molar-refractivity contribution is 6.48. The van der Waals surface area contributed by atoms with E-state index in [2.05, 4.69) is 0 Å². The monoisotopic (exact) mass is 276 g/mol. The molecule has 5 heteroatoms. The largest absolute Gasteiger partial charge is 0.459 e. The van der Waals surface area contributed by atoms with E-state index in [0.29, 0.717) is 26.6 Å². The molecule has 0 unspecified atom stereocenters. The van der Waals surface area contributed by atoms with E-state index in [1.165, 1.54) is 0 Å². The number of hydrogen-bond donors (Lipinski definition) is 1. The van der Waals surface area contributed by atoms with Gasteiger partial charge in [-0.15, -0.1) is 0 Å². The molecular formula is C11H7Cl3O2. The Kier molecular flexibility index (Phi) is 3.45. The highest BCUT2D eigenvalue weighted by atomic mass is 35.5. The van der Waals surface area contributed by atoms with Crippen LogP contribution in [0.5, 0.6) is 0 Å². The summed E-state index contributed by atoms with van der Waals surface area (Å²) in [6.45, 7) is -0.144. The maximum absolute atomic E-state index is 8.88. The van der Waals surface area contributed by atoms with E-state index in [1.807, 2.05) is 0 Å². The van der Waals surface area contributed by atoms with Gasteiger partial charge in [0.1, 0.15) is 18.1 Å². The molecule has 0 aliphatic rings. The van der Waals surface area contributed by atoms with Crippen molar-refractivity contribution >= 4 is 34.8 Å². The summed E-state index contributed by atoms with van der Waals surface area (Å²) in [7, 11) is 0. The van der Waals surface area contributed by atoms with Gasteiger partial charge in [-0.2, -0.15) is 0 Å². The Morgan fingerprint density at radius 1 is 1.06 bits per heavy atom. The van der Waals surface area contributed by atoms with Gasteiger partial charge >= 0.3 is 0 Å². The molecule has 2 nitrogen and oxygen atoms in total. The second-order valence-electron chi connectivity index (χ2n) is 3.18. The predicted molar refractivity (Wildman–Crippen MR) is 65.1 cm³/mol. The number of aliphatic hydroxyl groups is 1. The van der Waals surface area contributed by atoms with Crippen LogP contribution in [-0.4, -0.2) is 5.11 Å². The molecule has 0 radical (unpaired) electrons. The molecule has 0 fully saturated rings. The smallest absolute Gasteiger partial charge is 0.134 e. The van der Waals surface area contributed by atoms with E-state index in [9.17, 15) is 0 Å². The molecule has 0 amide bonds. The fourth-order valence-corrected chi connectivity index (χ4v) is 1.91. The summed E-state index contributed by atoms with van der Waals surface area (Å²) in [5.41, 5.74) is 0.721. The summed E-state index contributed by atoms with van der Waals surface area (Å²) in [6, 6.07) is 6.75. The highest BCUT2D eigenvalue weighted by Crippen LogP contribution is 2.35. The molecule has 0 spiro atoms. The van der Waals surface area contributed by atoms with Crippen LogP contribution in [0.4, 0.5) is 0 Å². The maximum atomic E-state index is 8.88. The van der Waals surface area contributed by atoms with Crippen molar-refractivity contribution in [3.05, 3.63) is 45.1 Å². The first-order valence-electron chi connectivity index (χ1n) is 4.46. The second-order valence-corrected chi connectivity index (χ2v) is 4.37. The van der Waals surface area contributed by atoms with Crippen molar-refractivity contribution in [3.8, 4) is 11.3 Å². The lowest BCUT2D eigenvalue weighted by molar-refractivity contribution is 0.248. The van der Waals surface area contributed by atoms with Crippen LogP contribution in [0.15, 0.2) is 28.7 Å². The van der Waals surface area contributed by atoms with E-state index >= 15 is 0 Å². The summed E-state index contributed by atoms with van der Waals surface area (Å²) in [5, 5.41) is 9.94. The first-order valence-corrected chi connectivity index (χ1v) is 5.59. The van der Waals surface area contributed by atoms with Gasteiger partial charge in [-0.3, -0.25) is 0 Å². The molecule has 0 bridgehead atoms. The summed E-state index contributed by atoms with van der Waals surface area (Å²) in [6.07, 6.45) is 0. The van der Waals surface area contributed by atoms with Crippen molar-refractivity contribution in [2.45, 2.75) is 6.61 Å². The maximum Gasteiger partial charge on any atom is 0.134 e. The third-order valence-corrected chi connectivity index (χ3v) is 3.28. The zero-order valence-corrected chi connectivity index (χ0v) is 10.3. The standard InChI is InChI=1S/C11H7Cl3O2/c12-8-3-6(4-9(13)11(8)14)10-2-1-7(5-15)16-10/h1-4,15H,5H2. The molecule has 0 saturated heterocycles. The molecule has 0 aliphatic heterocycles. The van der Waals surface area contributed by atoms with Crippen molar-refractivity contribution in [1.29, 1.82) is 0 Å². The van der Waals surface area contributed by atoms with Gasteiger partial charge in [-0.1, -0.05) is 34.8 Å². The normalized spacial score (nSPS) is 10.8. The van der Waals surface area contributed by atoms with Gasteiger partial charge in [0.05, 0.1) is 15.1 Å². The topological polar surface area (TPSA) is 33.4 Å². The molecule has 1 aromatic heterocycles. The molecule has 2 rings (SSSR count). The van der Waals surface area contributed by atoms with Crippen LogP contribution >= 0.6 is 34.8 Å². The lowest BCUT2D eigenvalue weighted by Gasteiger charge is -2.02. The molecule has 0 atom stereocenters. The van der Waals surface area contributed by atoms with Gasteiger partial charge in [0.25, 0.3) is 0 Å². The van der Waals surface area contributed by atoms with Gasteiger partial charge in [0.2, 0.25) is 0 Å². The van der Waals surface area contributed by atoms with Crippen molar-refractivity contribution < 1.29 is 9.52 Å². The van der Waals surface area contributed by atoms with Gasteiger partial charge < -0.3 is 9.52 Å². The summed E-state index contributed by atoms with van der Waals surface area (Å²) >= 11 is 17.6. The van der Waals surface area contributed by atoms with E-state index in [-0.39, 0.29) is 6.61 Å².